The first-order valence-electron chi connectivity index (χ1n) is 8.87. The number of ether oxygens (including phenoxy) is 2. The summed E-state index contributed by atoms with van der Waals surface area (Å²) in [7, 11) is 1.57. The van der Waals surface area contributed by atoms with Gasteiger partial charge in [-0.3, -0.25) is 4.79 Å². The SMILES string of the molecule is CCCOc1cc(/C=C(\C#N)C(=O)N[C@H](C)c2ccccc2)ccc1OC. The molecule has 0 bridgehead atoms. The van der Waals surface area contributed by atoms with Gasteiger partial charge in [-0.1, -0.05) is 43.3 Å². The number of nitrogens with one attached hydrogen (secondary N) is 1. The number of nitrogens with zero attached hydrogens (tertiary/aromatic N) is 1. The van der Waals surface area contributed by atoms with Gasteiger partial charge >= 0.3 is 0 Å². The molecule has 1 amide bonds. The second kappa shape index (κ2) is 10.0. The topological polar surface area (TPSA) is 71.3 Å². The summed E-state index contributed by atoms with van der Waals surface area (Å²) < 4.78 is 11.0. The number of benzene rings is 2. The van der Waals surface area contributed by atoms with Crippen LogP contribution in [0.25, 0.3) is 6.08 Å². The Morgan fingerprint density at radius 3 is 2.59 bits per heavy atom. The standard InChI is InChI=1S/C22H24N2O3/c1-4-12-27-21-14-17(10-11-20(21)26-3)13-19(15-23)22(25)24-16(2)18-8-6-5-7-9-18/h5-11,13-14,16H,4,12H2,1-3H3,(H,24,25)/b19-13+/t16-/m1/s1. The van der Waals surface area contributed by atoms with E-state index in [2.05, 4.69) is 5.32 Å². The summed E-state index contributed by atoms with van der Waals surface area (Å²) in [5.41, 5.74) is 1.70. The van der Waals surface area contributed by atoms with E-state index in [1.54, 1.807) is 31.4 Å². The van der Waals surface area contributed by atoms with E-state index in [0.717, 1.165) is 12.0 Å². The Bertz CT molecular complexity index is 838. The molecule has 0 spiro atoms. The molecule has 0 aromatic heterocycles. The third kappa shape index (κ3) is 5.61. The van der Waals surface area contributed by atoms with Crippen LogP contribution in [0.15, 0.2) is 54.1 Å². The molecule has 0 saturated heterocycles. The van der Waals surface area contributed by atoms with Crippen LogP contribution in [0, 0.1) is 11.3 Å². The first-order valence-corrected chi connectivity index (χ1v) is 8.87. The number of hydrogen-bond acceptors (Lipinski definition) is 4. The summed E-state index contributed by atoms with van der Waals surface area (Å²) in [6.45, 7) is 4.46. The molecule has 5 nitrogen and oxygen atoms in total. The zero-order valence-electron chi connectivity index (χ0n) is 15.9. The van der Waals surface area contributed by atoms with Gasteiger partial charge in [0.2, 0.25) is 0 Å². The molecule has 0 saturated carbocycles. The van der Waals surface area contributed by atoms with Crippen LogP contribution >= 0.6 is 0 Å². The zero-order valence-corrected chi connectivity index (χ0v) is 15.9. The van der Waals surface area contributed by atoms with Gasteiger partial charge in [0.05, 0.1) is 19.8 Å². The maximum Gasteiger partial charge on any atom is 0.262 e. The van der Waals surface area contributed by atoms with Gasteiger partial charge in [0.25, 0.3) is 5.91 Å². The highest BCUT2D eigenvalue weighted by atomic mass is 16.5. The molecule has 1 atom stereocenters. The van der Waals surface area contributed by atoms with Crippen LogP contribution in [0.3, 0.4) is 0 Å². The fourth-order valence-electron chi connectivity index (χ4n) is 2.52. The van der Waals surface area contributed by atoms with Crippen LogP contribution in [-0.4, -0.2) is 19.6 Å². The van der Waals surface area contributed by atoms with Gasteiger partial charge < -0.3 is 14.8 Å². The minimum absolute atomic E-state index is 0.0318. The molecule has 0 aliphatic rings. The molecule has 2 aromatic rings. The third-order valence-electron chi connectivity index (χ3n) is 3.97. The van der Waals surface area contributed by atoms with Crippen molar-refractivity contribution in [2.24, 2.45) is 0 Å². The Morgan fingerprint density at radius 1 is 1.22 bits per heavy atom. The lowest BCUT2D eigenvalue weighted by Gasteiger charge is -2.14. The van der Waals surface area contributed by atoms with Crippen LogP contribution in [-0.2, 0) is 4.79 Å². The van der Waals surface area contributed by atoms with Gasteiger partial charge in [0.15, 0.2) is 11.5 Å². The van der Waals surface area contributed by atoms with Crippen molar-refractivity contribution in [3.8, 4) is 17.6 Å². The fourth-order valence-corrected chi connectivity index (χ4v) is 2.52. The Morgan fingerprint density at radius 2 is 1.96 bits per heavy atom. The largest absolute Gasteiger partial charge is 0.493 e. The fraction of sp³-hybridized carbons (Fsp3) is 0.273. The molecular formula is C22H24N2O3. The van der Waals surface area contributed by atoms with Crippen molar-refractivity contribution in [3.05, 3.63) is 65.2 Å². The number of hydrogen-bond donors (Lipinski definition) is 1. The van der Waals surface area contributed by atoms with E-state index in [4.69, 9.17) is 9.47 Å². The van der Waals surface area contributed by atoms with Gasteiger partial charge in [0, 0.05) is 0 Å². The maximum atomic E-state index is 12.5. The van der Waals surface area contributed by atoms with Crippen LogP contribution in [0.5, 0.6) is 11.5 Å². The molecule has 0 unspecified atom stereocenters. The molecule has 0 heterocycles. The van der Waals surface area contributed by atoms with Gasteiger partial charge in [-0.05, 0) is 42.7 Å². The molecular weight excluding hydrogens is 340 g/mol. The molecule has 2 rings (SSSR count). The molecule has 0 aliphatic heterocycles. The molecule has 27 heavy (non-hydrogen) atoms. The number of carbonyl (C=O) groups excluding carboxylic acids is 1. The van der Waals surface area contributed by atoms with Gasteiger partial charge in [-0.25, -0.2) is 0 Å². The lowest BCUT2D eigenvalue weighted by molar-refractivity contribution is -0.117. The normalized spacial score (nSPS) is 12.0. The van der Waals surface area contributed by atoms with E-state index in [1.807, 2.05) is 50.2 Å². The van der Waals surface area contributed by atoms with E-state index >= 15 is 0 Å². The van der Waals surface area contributed by atoms with Crippen molar-refractivity contribution in [2.75, 3.05) is 13.7 Å². The quantitative estimate of drug-likeness (QED) is 0.561. The number of nitriles is 1. The molecule has 2 aromatic carbocycles. The molecule has 0 fully saturated rings. The van der Waals surface area contributed by atoms with E-state index in [1.165, 1.54) is 0 Å². The second-order valence-corrected chi connectivity index (χ2v) is 6.03. The van der Waals surface area contributed by atoms with E-state index < -0.39 is 5.91 Å². The summed E-state index contributed by atoms with van der Waals surface area (Å²) in [6.07, 6.45) is 2.41. The van der Waals surface area contributed by atoms with Crippen LogP contribution in [0.1, 0.15) is 37.4 Å². The average Bonchev–Trinajstić information content (AvgIpc) is 2.70. The molecule has 5 heteroatoms. The highest BCUT2D eigenvalue weighted by molar-refractivity contribution is 6.01. The van der Waals surface area contributed by atoms with Crippen molar-refractivity contribution in [1.29, 1.82) is 5.26 Å². The predicted molar refractivity (Wildman–Crippen MR) is 105 cm³/mol. The first-order chi connectivity index (χ1) is 13.1. The van der Waals surface area contributed by atoms with Gasteiger partial charge in [-0.15, -0.1) is 0 Å². The highest BCUT2D eigenvalue weighted by Gasteiger charge is 2.14. The van der Waals surface area contributed by atoms with Gasteiger partial charge in [-0.2, -0.15) is 5.26 Å². The molecule has 0 aliphatic carbocycles. The number of amides is 1. The van der Waals surface area contributed by atoms with Crippen molar-refractivity contribution < 1.29 is 14.3 Å². The lowest BCUT2D eigenvalue weighted by atomic mass is 10.1. The number of rotatable bonds is 8. The molecule has 1 N–H and O–H groups in total. The smallest absolute Gasteiger partial charge is 0.262 e. The summed E-state index contributed by atoms with van der Waals surface area (Å²) in [4.78, 5) is 12.5. The van der Waals surface area contributed by atoms with Crippen LogP contribution in [0.4, 0.5) is 0 Å². The van der Waals surface area contributed by atoms with E-state index in [9.17, 15) is 10.1 Å². The summed E-state index contributed by atoms with van der Waals surface area (Å²) >= 11 is 0. The Labute approximate surface area is 160 Å². The first kappa shape index (κ1) is 20.1. The minimum atomic E-state index is -0.416. The van der Waals surface area contributed by atoms with Crippen molar-refractivity contribution in [1.82, 2.24) is 5.32 Å². The summed E-state index contributed by atoms with van der Waals surface area (Å²) in [5.74, 6) is 0.783. The third-order valence-corrected chi connectivity index (χ3v) is 3.97. The summed E-state index contributed by atoms with van der Waals surface area (Å²) in [5, 5.41) is 12.3. The zero-order chi connectivity index (χ0) is 19.6. The number of methoxy groups -OCH3 is 1. The lowest BCUT2D eigenvalue weighted by Crippen LogP contribution is -2.27. The van der Waals surface area contributed by atoms with Crippen molar-refractivity contribution >= 4 is 12.0 Å². The highest BCUT2D eigenvalue weighted by Crippen LogP contribution is 2.29. The monoisotopic (exact) mass is 364 g/mol. The molecule has 140 valence electrons. The maximum absolute atomic E-state index is 12.5. The molecule has 0 radical (unpaired) electrons. The van der Waals surface area contributed by atoms with E-state index in [-0.39, 0.29) is 11.6 Å². The Kier molecular flexibility index (Phi) is 7.45. The predicted octanol–water partition coefficient (Wildman–Crippen LogP) is 4.27. The van der Waals surface area contributed by atoms with Crippen molar-refractivity contribution in [3.63, 3.8) is 0 Å². The van der Waals surface area contributed by atoms with Crippen LogP contribution < -0.4 is 14.8 Å². The Hall–Kier alpha value is -3.26. The van der Waals surface area contributed by atoms with Gasteiger partial charge in [0.1, 0.15) is 11.6 Å². The number of carbonyl (C=O) groups is 1. The Balaban J connectivity index is 2.19. The minimum Gasteiger partial charge on any atom is -0.493 e. The van der Waals surface area contributed by atoms with Crippen molar-refractivity contribution in [2.45, 2.75) is 26.3 Å². The van der Waals surface area contributed by atoms with Crippen LogP contribution in [0.2, 0.25) is 0 Å². The summed E-state index contributed by atoms with van der Waals surface area (Å²) in [6, 6.07) is 16.7. The van der Waals surface area contributed by atoms with E-state index in [0.29, 0.717) is 23.7 Å². The second-order valence-electron chi connectivity index (χ2n) is 6.03. The average molecular weight is 364 g/mol.